The number of rotatable bonds is 12. The average Bonchev–Trinajstić information content (AvgIpc) is 3.10. The van der Waals surface area contributed by atoms with Crippen molar-refractivity contribution in [2.45, 2.75) is 19.5 Å². The van der Waals surface area contributed by atoms with E-state index in [2.05, 4.69) is 21.0 Å². The molecule has 0 unspecified atom stereocenters. The molecule has 5 rings (SSSR count). The van der Waals surface area contributed by atoms with Crippen LogP contribution < -0.4 is 16.1 Å². The van der Waals surface area contributed by atoms with E-state index in [0.29, 0.717) is 27.5 Å². The third-order valence-electron chi connectivity index (χ3n) is 7.44. The number of hydrogen-bond acceptors (Lipinski definition) is 7. The van der Waals surface area contributed by atoms with E-state index in [0.717, 1.165) is 5.01 Å². The summed E-state index contributed by atoms with van der Waals surface area (Å²) in [5.74, 6) is -2.21. The molecule has 4 aromatic carbocycles. The van der Waals surface area contributed by atoms with Gasteiger partial charge in [-0.3, -0.25) is 24.7 Å². The number of nitrogens with one attached hydrogen (secondary N) is 3. The molecule has 3 amide bonds. The Morgan fingerprint density at radius 2 is 1.57 bits per heavy atom. The van der Waals surface area contributed by atoms with E-state index in [9.17, 15) is 28.0 Å². The molecule has 1 aromatic heterocycles. The first-order chi connectivity index (χ1) is 23.6. The Morgan fingerprint density at radius 3 is 2.31 bits per heavy atom. The summed E-state index contributed by atoms with van der Waals surface area (Å²) in [5, 5.41) is 7.39. The summed E-state index contributed by atoms with van der Waals surface area (Å²) in [4.78, 5) is 55.6. The van der Waals surface area contributed by atoms with Crippen LogP contribution in [-0.2, 0) is 16.1 Å². The number of amides is 3. The number of anilines is 1. The first-order valence-corrected chi connectivity index (χ1v) is 15.4. The smallest absolute Gasteiger partial charge is 0.412 e. The maximum atomic E-state index is 14.0. The van der Waals surface area contributed by atoms with Gasteiger partial charge < -0.3 is 10.1 Å². The normalized spacial score (nSPS) is 11.4. The molecule has 0 saturated carbocycles. The fourth-order valence-electron chi connectivity index (χ4n) is 4.91. The van der Waals surface area contributed by atoms with Crippen LogP contribution in [0.3, 0.4) is 0 Å². The number of fused-ring (bicyclic) bond motifs is 1. The number of ketones is 1. The number of carbonyl (C=O) groups excluding carboxylic acids is 4. The highest BCUT2D eigenvalue weighted by Gasteiger charge is 2.25. The molecule has 0 aliphatic heterocycles. The molecule has 0 aliphatic carbocycles. The molecule has 49 heavy (non-hydrogen) atoms. The van der Waals surface area contributed by atoms with Crippen LogP contribution in [0.5, 0.6) is 0 Å². The minimum atomic E-state index is -0.961. The highest BCUT2D eigenvalue weighted by molar-refractivity contribution is 6.31. The molecule has 5 aromatic rings. The van der Waals surface area contributed by atoms with Crippen molar-refractivity contribution in [3.05, 3.63) is 142 Å². The third kappa shape index (κ3) is 9.01. The van der Waals surface area contributed by atoms with Gasteiger partial charge in [0.1, 0.15) is 24.1 Å². The van der Waals surface area contributed by atoms with E-state index in [4.69, 9.17) is 16.3 Å². The zero-order valence-corrected chi connectivity index (χ0v) is 26.8. The first kappa shape index (κ1) is 34.6. The molecule has 1 heterocycles. The van der Waals surface area contributed by atoms with Crippen LogP contribution in [0.25, 0.3) is 10.8 Å². The van der Waals surface area contributed by atoms with Crippen LogP contribution in [-0.4, -0.2) is 52.9 Å². The zero-order chi connectivity index (χ0) is 34.9. The first-order valence-electron chi connectivity index (χ1n) is 15.0. The third-order valence-corrected chi connectivity index (χ3v) is 7.86. The molecular weight excluding hydrogens is 656 g/mol. The largest absolute Gasteiger partial charge is 0.447 e. The van der Waals surface area contributed by atoms with Gasteiger partial charge in [-0.15, -0.1) is 0 Å². The summed E-state index contributed by atoms with van der Waals surface area (Å²) in [6.45, 7) is 0.604. The molecule has 0 radical (unpaired) electrons. The van der Waals surface area contributed by atoms with Crippen molar-refractivity contribution in [2.24, 2.45) is 0 Å². The Kier molecular flexibility index (Phi) is 11.2. The van der Waals surface area contributed by atoms with E-state index < -0.39 is 42.2 Å². The summed E-state index contributed by atoms with van der Waals surface area (Å²) in [7, 11) is 0. The molecule has 1 atom stereocenters. The lowest BCUT2D eigenvalue weighted by molar-refractivity contribution is -0.136. The maximum absolute atomic E-state index is 14.0. The summed E-state index contributed by atoms with van der Waals surface area (Å²) in [6.07, 6.45) is 0.543. The quantitative estimate of drug-likeness (QED) is 0.104. The minimum absolute atomic E-state index is 0.0682. The van der Waals surface area contributed by atoms with Gasteiger partial charge in [-0.05, 0) is 53.4 Å². The number of hydrogen-bond donors (Lipinski definition) is 3. The van der Waals surface area contributed by atoms with Crippen molar-refractivity contribution in [2.75, 3.05) is 18.5 Å². The summed E-state index contributed by atoms with van der Waals surface area (Å²) in [5.41, 5.74) is 4.40. The molecule has 250 valence electrons. The fraction of sp³-hybridized carbons (Fsp3) is 0.139. The summed E-state index contributed by atoms with van der Waals surface area (Å²) >= 11 is 6.10. The minimum Gasteiger partial charge on any atom is -0.447 e. The van der Waals surface area contributed by atoms with E-state index in [-0.39, 0.29) is 35.3 Å². The number of aromatic nitrogens is 1. The number of halogens is 3. The Bertz CT molecular complexity index is 2000. The van der Waals surface area contributed by atoms with Crippen LogP contribution >= 0.6 is 11.6 Å². The van der Waals surface area contributed by atoms with Gasteiger partial charge in [0.2, 0.25) is 5.91 Å². The molecule has 0 bridgehead atoms. The predicted octanol–water partition coefficient (Wildman–Crippen LogP) is 6.30. The highest BCUT2D eigenvalue weighted by Crippen LogP contribution is 2.20. The number of carbonyl (C=O) groups is 4. The van der Waals surface area contributed by atoms with Crippen molar-refractivity contribution in [1.82, 2.24) is 20.7 Å². The van der Waals surface area contributed by atoms with Crippen molar-refractivity contribution in [1.29, 1.82) is 0 Å². The average molecular weight is 686 g/mol. The molecule has 0 aliphatic rings. The lowest BCUT2D eigenvalue weighted by atomic mass is 10.0. The van der Waals surface area contributed by atoms with E-state index in [1.54, 1.807) is 42.5 Å². The van der Waals surface area contributed by atoms with Crippen molar-refractivity contribution < 1.29 is 32.7 Å². The molecule has 0 fully saturated rings. The van der Waals surface area contributed by atoms with Crippen molar-refractivity contribution >= 4 is 51.9 Å². The lowest BCUT2D eigenvalue weighted by Gasteiger charge is -2.31. The second-order valence-corrected chi connectivity index (χ2v) is 11.2. The molecular formula is C36H30ClF2N5O5. The Balaban J connectivity index is 1.28. The topological polar surface area (TPSA) is 130 Å². The Hall–Kier alpha value is -5.72. The van der Waals surface area contributed by atoms with Gasteiger partial charge >= 0.3 is 6.09 Å². The van der Waals surface area contributed by atoms with E-state index in [1.807, 2.05) is 0 Å². The second kappa shape index (κ2) is 15.9. The SMILES string of the molecule is CC(=O)N(NCc1cccc(F)c1Cl)[C@@H](CNC(=O)c1ccc(C(=O)c2ccccc2)cc1)COC(=O)Nc1cc2cc(F)ccc2cn1. The number of ether oxygens (including phenoxy) is 1. The van der Waals surface area contributed by atoms with Crippen LogP contribution in [0.15, 0.2) is 103 Å². The van der Waals surface area contributed by atoms with Crippen LogP contribution in [0.1, 0.15) is 38.8 Å². The molecule has 0 spiro atoms. The van der Waals surface area contributed by atoms with Crippen LogP contribution in [0.4, 0.5) is 19.4 Å². The van der Waals surface area contributed by atoms with Gasteiger partial charge in [0.25, 0.3) is 5.91 Å². The van der Waals surface area contributed by atoms with Gasteiger partial charge in [0.15, 0.2) is 5.78 Å². The highest BCUT2D eigenvalue weighted by atomic mass is 35.5. The Labute approximate surface area is 285 Å². The second-order valence-electron chi connectivity index (χ2n) is 10.9. The fourth-order valence-corrected chi connectivity index (χ4v) is 5.10. The zero-order valence-electron chi connectivity index (χ0n) is 26.1. The number of benzene rings is 4. The van der Waals surface area contributed by atoms with Gasteiger partial charge in [-0.25, -0.2) is 24.0 Å². The predicted molar refractivity (Wildman–Crippen MR) is 180 cm³/mol. The van der Waals surface area contributed by atoms with Gasteiger partial charge in [0.05, 0.1) is 11.1 Å². The molecule has 10 nitrogen and oxygen atoms in total. The van der Waals surface area contributed by atoms with E-state index in [1.165, 1.54) is 67.7 Å². The van der Waals surface area contributed by atoms with Gasteiger partial charge in [-0.1, -0.05) is 66.2 Å². The van der Waals surface area contributed by atoms with Crippen LogP contribution in [0, 0.1) is 11.6 Å². The summed E-state index contributed by atoms with van der Waals surface area (Å²) in [6, 6.07) is 23.7. The number of pyridine rings is 1. The number of hydrazine groups is 1. The van der Waals surface area contributed by atoms with Crippen molar-refractivity contribution in [3.63, 3.8) is 0 Å². The van der Waals surface area contributed by atoms with Crippen molar-refractivity contribution in [3.8, 4) is 0 Å². The van der Waals surface area contributed by atoms with Crippen LogP contribution in [0.2, 0.25) is 5.02 Å². The number of nitrogens with zero attached hydrogens (tertiary/aromatic N) is 2. The van der Waals surface area contributed by atoms with Gasteiger partial charge in [0, 0.05) is 48.3 Å². The van der Waals surface area contributed by atoms with Gasteiger partial charge in [-0.2, -0.15) is 0 Å². The Morgan fingerprint density at radius 1 is 0.857 bits per heavy atom. The maximum Gasteiger partial charge on any atom is 0.412 e. The molecule has 0 saturated heterocycles. The monoisotopic (exact) mass is 685 g/mol. The lowest BCUT2D eigenvalue weighted by Crippen LogP contribution is -2.55. The molecule has 3 N–H and O–H groups in total. The standard InChI is InChI=1S/C36H30ClF2N5O5/c1-22(45)44(42-19-27-8-5-9-31(39)33(27)37)30(21-49-36(48)43-32-17-28-16-29(38)15-14-26(28)18-40-32)20-41-35(47)25-12-10-24(11-13-25)34(46)23-6-3-2-4-7-23/h2-18,30,42H,19-21H2,1H3,(H,41,47)(H,40,43,48)/t30-/m0/s1. The molecule has 13 heteroatoms. The summed E-state index contributed by atoms with van der Waals surface area (Å²) < 4.78 is 33.2. The van der Waals surface area contributed by atoms with E-state index >= 15 is 0 Å².